The Kier molecular flexibility index (Phi) is 4.03. The number of rotatable bonds is 5. The number of thioether (sulfide) groups is 1. The fourth-order valence-electron chi connectivity index (χ4n) is 1.31. The molecule has 2 aromatic rings. The zero-order valence-electron chi connectivity index (χ0n) is 9.84. The van der Waals surface area contributed by atoms with Crippen molar-refractivity contribution >= 4 is 11.8 Å². The van der Waals surface area contributed by atoms with Gasteiger partial charge in [0.15, 0.2) is 0 Å². The molecule has 0 radical (unpaired) electrons. The van der Waals surface area contributed by atoms with Crippen molar-refractivity contribution in [2.24, 2.45) is 0 Å². The van der Waals surface area contributed by atoms with Crippen molar-refractivity contribution in [3.05, 3.63) is 24.3 Å². The molecule has 0 N–H and O–H groups in total. The summed E-state index contributed by atoms with van der Waals surface area (Å²) in [5, 5.41) is 8.63. The van der Waals surface area contributed by atoms with Crippen LogP contribution in [0.1, 0.15) is 13.3 Å². The molecule has 0 atom stereocenters. The van der Waals surface area contributed by atoms with Gasteiger partial charge in [0.2, 0.25) is 5.89 Å². The summed E-state index contributed by atoms with van der Waals surface area (Å²) in [6.45, 7) is 2.12. The summed E-state index contributed by atoms with van der Waals surface area (Å²) in [7, 11) is 1.64. The van der Waals surface area contributed by atoms with E-state index in [0.29, 0.717) is 11.1 Å². The van der Waals surface area contributed by atoms with Crippen LogP contribution >= 0.6 is 11.8 Å². The lowest BCUT2D eigenvalue weighted by Gasteiger charge is -1.99. The molecule has 17 heavy (non-hydrogen) atoms. The van der Waals surface area contributed by atoms with Gasteiger partial charge >= 0.3 is 0 Å². The predicted octanol–water partition coefficient (Wildman–Crippen LogP) is 3.25. The Morgan fingerprint density at radius 2 is 2.00 bits per heavy atom. The van der Waals surface area contributed by atoms with E-state index in [4.69, 9.17) is 9.15 Å². The van der Waals surface area contributed by atoms with E-state index in [1.54, 1.807) is 18.9 Å². The molecule has 0 aliphatic carbocycles. The van der Waals surface area contributed by atoms with E-state index in [9.17, 15) is 0 Å². The minimum Gasteiger partial charge on any atom is -0.497 e. The van der Waals surface area contributed by atoms with E-state index in [2.05, 4.69) is 17.1 Å². The van der Waals surface area contributed by atoms with E-state index >= 15 is 0 Å². The Bertz CT molecular complexity index is 468. The summed E-state index contributed by atoms with van der Waals surface area (Å²) >= 11 is 1.58. The first kappa shape index (κ1) is 12.0. The molecule has 1 aromatic heterocycles. The van der Waals surface area contributed by atoms with Gasteiger partial charge in [0.1, 0.15) is 5.75 Å². The Morgan fingerprint density at radius 1 is 1.24 bits per heavy atom. The molecule has 0 aliphatic heterocycles. The molecule has 5 heteroatoms. The normalized spacial score (nSPS) is 10.5. The van der Waals surface area contributed by atoms with Crippen molar-refractivity contribution in [2.75, 3.05) is 12.9 Å². The molecule has 0 amide bonds. The van der Waals surface area contributed by atoms with Crippen LogP contribution in [-0.2, 0) is 0 Å². The Balaban J connectivity index is 2.12. The molecule has 0 saturated heterocycles. The van der Waals surface area contributed by atoms with E-state index in [-0.39, 0.29) is 0 Å². The number of aromatic nitrogens is 2. The minimum absolute atomic E-state index is 0.547. The van der Waals surface area contributed by atoms with Gasteiger partial charge in [-0.1, -0.05) is 18.7 Å². The number of hydrogen-bond donors (Lipinski definition) is 0. The molecule has 0 bridgehead atoms. The zero-order chi connectivity index (χ0) is 12.1. The van der Waals surface area contributed by atoms with Gasteiger partial charge in [-0.15, -0.1) is 10.2 Å². The van der Waals surface area contributed by atoms with Crippen LogP contribution < -0.4 is 4.74 Å². The number of benzene rings is 1. The van der Waals surface area contributed by atoms with Crippen molar-refractivity contribution < 1.29 is 9.15 Å². The average molecular weight is 250 g/mol. The number of methoxy groups -OCH3 is 1. The van der Waals surface area contributed by atoms with Crippen LogP contribution in [0.25, 0.3) is 11.5 Å². The van der Waals surface area contributed by atoms with Gasteiger partial charge in [0, 0.05) is 11.3 Å². The SMILES string of the molecule is CCCSc1nnc(-c2ccc(OC)cc2)o1. The van der Waals surface area contributed by atoms with Crippen molar-refractivity contribution in [1.29, 1.82) is 0 Å². The summed E-state index contributed by atoms with van der Waals surface area (Å²) in [6, 6.07) is 7.55. The standard InChI is InChI=1S/C12H14N2O2S/c1-3-8-17-12-14-13-11(16-12)9-4-6-10(15-2)7-5-9/h4-7H,3,8H2,1-2H3. The molecular weight excluding hydrogens is 236 g/mol. The fourth-order valence-corrected chi connectivity index (χ4v) is 1.92. The molecule has 0 spiro atoms. The highest BCUT2D eigenvalue weighted by Crippen LogP contribution is 2.24. The second-order valence-electron chi connectivity index (χ2n) is 3.45. The monoisotopic (exact) mass is 250 g/mol. The van der Waals surface area contributed by atoms with Crippen molar-refractivity contribution in [1.82, 2.24) is 10.2 Å². The topological polar surface area (TPSA) is 48.2 Å². The lowest BCUT2D eigenvalue weighted by molar-refractivity contribution is 0.414. The van der Waals surface area contributed by atoms with Gasteiger partial charge in [0.05, 0.1) is 7.11 Å². The third-order valence-electron chi connectivity index (χ3n) is 2.17. The lowest BCUT2D eigenvalue weighted by Crippen LogP contribution is -1.82. The highest BCUT2D eigenvalue weighted by Gasteiger charge is 2.08. The maximum Gasteiger partial charge on any atom is 0.276 e. The van der Waals surface area contributed by atoms with Crippen LogP contribution in [0.5, 0.6) is 5.75 Å². The van der Waals surface area contributed by atoms with Crippen LogP contribution in [0.4, 0.5) is 0 Å². The maximum absolute atomic E-state index is 5.55. The zero-order valence-corrected chi connectivity index (χ0v) is 10.7. The first-order valence-corrected chi connectivity index (χ1v) is 6.42. The minimum atomic E-state index is 0.547. The summed E-state index contributed by atoms with van der Waals surface area (Å²) in [5.41, 5.74) is 0.904. The molecule has 1 heterocycles. The molecule has 0 fully saturated rings. The maximum atomic E-state index is 5.55. The van der Waals surface area contributed by atoms with Gasteiger partial charge in [-0.25, -0.2) is 0 Å². The highest BCUT2D eigenvalue weighted by atomic mass is 32.2. The second-order valence-corrected chi connectivity index (χ2v) is 4.50. The van der Waals surface area contributed by atoms with Gasteiger partial charge in [0.25, 0.3) is 5.22 Å². The number of nitrogens with zero attached hydrogens (tertiary/aromatic N) is 2. The molecule has 0 unspecified atom stereocenters. The lowest BCUT2D eigenvalue weighted by atomic mass is 10.2. The average Bonchev–Trinajstić information content (AvgIpc) is 2.85. The molecule has 90 valence electrons. The predicted molar refractivity (Wildman–Crippen MR) is 67.3 cm³/mol. The van der Waals surface area contributed by atoms with Gasteiger partial charge in [-0.05, 0) is 30.7 Å². The third kappa shape index (κ3) is 3.00. The summed E-state index contributed by atoms with van der Waals surface area (Å²) in [6.07, 6.45) is 1.09. The van der Waals surface area contributed by atoms with E-state index < -0.39 is 0 Å². The first-order valence-electron chi connectivity index (χ1n) is 5.44. The number of hydrogen-bond acceptors (Lipinski definition) is 5. The van der Waals surface area contributed by atoms with Gasteiger partial charge < -0.3 is 9.15 Å². The van der Waals surface area contributed by atoms with Gasteiger partial charge in [-0.3, -0.25) is 0 Å². The Morgan fingerprint density at radius 3 is 2.65 bits per heavy atom. The van der Waals surface area contributed by atoms with Gasteiger partial charge in [-0.2, -0.15) is 0 Å². The smallest absolute Gasteiger partial charge is 0.276 e. The fraction of sp³-hybridized carbons (Fsp3) is 0.333. The van der Waals surface area contributed by atoms with Crippen LogP contribution in [-0.4, -0.2) is 23.1 Å². The number of ether oxygens (including phenoxy) is 1. The Hall–Kier alpha value is -1.49. The highest BCUT2D eigenvalue weighted by molar-refractivity contribution is 7.99. The van der Waals surface area contributed by atoms with E-state index in [1.807, 2.05) is 24.3 Å². The molecule has 4 nitrogen and oxygen atoms in total. The quantitative estimate of drug-likeness (QED) is 0.762. The summed E-state index contributed by atoms with van der Waals surface area (Å²) < 4.78 is 10.6. The van der Waals surface area contributed by atoms with E-state index in [1.165, 1.54) is 0 Å². The van der Waals surface area contributed by atoms with Crippen LogP contribution in [0, 0.1) is 0 Å². The summed E-state index contributed by atoms with van der Waals surface area (Å²) in [4.78, 5) is 0. The van der Waals surface area contributed by atoms with E-state index in [0.717, 1.165) is 23.5 Å². The van der Waals surface area contributed by atoms with Crippen molar-refractivity contribution in [2.45, 2.75) is 18.6 Å². The van der Waals surface area contributed by atoms with Crippen LogP contribution in [0.2, 0.25) is 0 Å². The first-order chi connectivity index (χ1) is 8.33. The third-order valence-corrected chi connectivity index (χ3v) is 3.20. The van der Waals surface area contributed by atoms with Crippen LogP contribution in [0.15, 0.2) is 33.9 Å². The molecular formula is C12H14N2O2S. The second kappa shape index (κ2) is 5.72. The Labute approximate surface area is 104 Å². The molecule has 0 aliphatic rings. The van der Waals surface area contributed by atoms with Crippen molar-refractivity contribution in [3.8, 4) is 17.2 Å². The van der Waals surface area contributed by atoms with Crippen molar-refractivity contribution in [3.63, 3.8) is 0 Å². The summed E-state index contributed by atoms with van der Waals surface area (Å²) in [5.74, 6) is 2.35. The molecule has 0 saturated carbocycles. The molecule has 1 aromatic carbocycles. The largest absolute Gasteiger partial charge is 0.497 e. The van der Waals surface area contributed by atoms with Crippen LogP contribution in [0.3, 0.4) is 0 Å². The molecule has 2 rings (SSSR count).